The highest BCUT2D eigenvalue weighted by atomic mass is 35.5. The molecule has 0 radical (unpaired) electrons. The molecule has 1 aliphatic heterocycles. The highest BCUT2D eigenvalue weighted by Crippen LogP contribution is 2.18. The third-order valence-electron chi connectivity index (χ3n) is 3.25. The second kappa shape index (κ2) is 5.07. The SMILES string of the molecule is CN(C)[C@H]1CCN(C(=O)c2cccc(Cl)c2)C1. The molecule has 0 aromatic heterocycles. The Bertz CT molecular complexity index is 420. The van der Waals surface area contributed by atoms with Crippen molar-refractivity contribution in [2.75, 3.05) is 27.2 Å². The molecule has 0 spiro atoms. The van der Waals surface area contributed by atoms with E-state index in [4.69, 9.17) is 11.6 Å². The van der Waals surface area contributed by atoms with Crippen LogP contribution in [0.5, 0.6) is 0 Å². The van der Waals surface area contributed by atoms with Crippen LogP contribution in [0.1, 0.15) is 16.8 Å². The monoisotopic (exact) mass is 252 g/mol. The maximum absolute atomic E-state index is 12.2. The highest BCUT2D eigenvalue weighted by Gasteiger charge is 2.27. The zero-order valence-corrected chi connectivity index (χ0v) is 10.9. The lowest BCUT2D eigenvalue weighted by molar-refractivity contribution is 0.0783. The maximum atomic E-state index is 12.2. The van der Waals surface area contributed by atoms with Gasteiger partial charge in [0.2, 0.25) is 0 Å². The van der Waals surface area contributed by atoms with Crippen molar-refractivity contribution in [1.82, 2.24) is 9.80 Å². The summed E-state index contributed by atoms with van der Waals surface area (Å²) in [6.45, 7) is 1.63. The summed E-state index contributed by atoms with van der Waals surface area (Å²) in [7, 11) is 4.11. The van der Waals surface area contributed by atoms with Gasteiger partial charge in [0.05, 0.1) is 0 Å². The molecule has 2 rings (SSSR count). The van der Waals surface area contributed by atoms with E-state index < -0.39 is 0 Å². The zero-order chi connectivity index (χ0) is 12.4. The molecule has 4 heteroatoms. The Morgan fingerprint density at radius 2 is 2.24 bits per heavy atom. The second-order valence-electron chi connectivity index (χ2n) is 4.67. The van der Waals surface area contributed by atoms with E-state index in [0.29, 0.717) is 16.6 Å². The van der Waals surface area contributed by atoms with Gasteiger partial charge in [0, 0.05) is 29.7 Å². The quantitative estimate of drug-likeness (QED) is 0.805. The van der Waals surface area contributed by atoms with E-state index in [2.05, 4.69) is 19.0 Å². The number of carbonyl (C=O) groups excluding carboxylic acids is 1. The van der Waals surface area contributed by atoms with Gasteiger partial charge in [-0.25, -0.2) is 0 Å². The van der Waals surface area contributed by atoms with Crippen LogP contribution in [-0.2, 0) is 0 Å². The number of carbonyl (C=O) groups is 1. The van der Waals surface area contributed by atoms with Crippen molar-refractivity contribution >= 4 is 17.5 Å². The van der Waals surface area contributed by atoms with Gasteiger partial charge in [-0.05, 0) is 38.7 Å². The number of likely N-dealkylation sites (N-methyl/N-ethyl adjacent to an activating group) is 1. The van der Waals surface area contributed by atoms with E-state index in [9.17, 15) is 4.79 Å². The fourth-order valence-corrected chi connectivity index (χ4v) is 2.34. The van der Waals surface area contributed by atoms with Crippen LogP contribution in [-0.4, -0.2) is 48.9 Å². The van der Waals surface area contributed by atoms with Crippen LogP contribution in [0.4, 0.5) is 0 Å². The van der Waals surface area contributed by atoms with Crippen molar-refractivity contribution in [1.29, 1.82) is 0 Å². The van der Waals surface area contributed by atoms with Crippen molar-refractivity contribution < 1.29 is 4.79 Å². The van der Waals surface area contributed by atoms with E-state index in [0.717, 1.165) is 19.5 Å². The largest absolute Gasteiger partial charge is 0.337 e. The Kier molecular flexibility index (Phi) is 3.69. The summed E-state index contributed by atoms with van der Waals surface area (Å²) in [4.78, 5) is 16.3. The van der Waals surface area contributed by atoms with E-state index >= 15 is 0 Å². The molecule has 0 saturated carbocycles. The molecule has 1 aromatic carbocycles. The molecule has 0 aliphatic carbocycles. The Morgan fingerprint density at radius 1 is 1.47 bits per heavy atom. The number of nitrogens with zero attached hydrogens (tertiary/aromatic N) is 2. The molecule has 1 fully saturated rings. The molecule has 1 amide bonds. The molecule has 1 atom stereocenters. The second-order valence-corrected chi connectivity index (χ2v) is 5.10. The summed E-state index contributed by atoms with van der Waals surface area (Å²) in [6.07, 6.45) is 1.04. The minimum Gasteiger partial charge on any atom is -0.337 e. The van der Waals surface area contributed by atoms with Crippen LogP contribution in [0.25, 0.3) is 0 Å². The highest BCUT2D eigenvalue weighted by molar-refractivity contribution is 6.30. The third kappa shape index (κ3) is 2.79. The van der Waals surface area contributed by atoms with Gasteiger partial charge in [-0.3, -0.25) is 4.79 Å². The predicted octanol–water partition coefficient (Wildman–Crippen LogP) is 2.12. The Balaban J connectivity index is 2.07. The number of hydrogen-bond acceptors (Lipinski definition) is 2. The lowest BCUT2D eigenvalue weighted by atomic mass is 10.2. The summed E-state index contributed by atoms with van der Waals surface area (Å²) in [5.41, 5.74) is 0.678. The van der Waals surface area contributed by atoms with Crippen LogP contribution in [0, 0.1) is 0 Å². The average Bonchev–Trinajstić information content (AvgIpc) is 2.77. The molecular weight excluding hydrogens is 236 g/mol. The summed E-state index contributed by atoms with van der Waals surface area (Å²) >= 11 is 5.90. The smallest absolute Gasteiger partial charge is 0.253 e. The van der Waals surface area contributed by atoms with Crippen molar-refractivity contribution in [3.8, 4) is 0 Å². The van der Waals surface area contributed by atoms with Gasteiger partial charge in [-0.1, -0.05) is 17.7 Å². The summed E-state index contributed by atoms with van der Waals surface area (Å²) < 4.78 is 0. The molecule has 1 aliphatic rings. The first kappa shape index (κ1) is 12.4. The maximum Gasteiger partial charge on any atom is 0.253 e. The molecule has 1 heterocycles. The summed E-state index contributed by atoms with van der Waals surface area (Å²) in [5, 5.41) is 0.610. The minimum atomic E-state index is 0.0804. The van der Waals surface area contributed by atoms with Crippen molar-refractivity contribution in [2.45, 2.75) is 12.5 Å². The Labute approximate surface area is 107 Å². The van der Waals surface area contributed by atoms with Gasteiger partial charge in [-0.2, -0.15) is 0 Å². The number of halogens is 1. The first-order valence-electron chi connectivity index (χ1n) is 5.79. The molecule has 3 nitrogen and oxygen atoms in total. The van der Waals surface area contributed by atoms with E-state index in [-0.39, 0.29) is 5.91 Å². The lowest BCUT2D eigenvalue weighted by Crippen LogP contribution is -2.34. The van der Waals surface area contributed by atoms with Crippen molar-refractivity contribution in [3.05, 3.63) is 34.9 Å². The minimum absolute atomic E-state index is 0.0804. The Hall–Kier alpha value is -1.06. The number of likely N-dealkylation sites (tertiary alicyclic amines) is 1. The molecule has 0 unspecified atom stereocenters. The van der Waals surface area contributed by atoms with Gasteiger partial charge >= 0.3 is 0 Å². The lowest BCUT2D eigenvalue weighted by Gasteiger charge is -2.20. The number of amides is 1. The average molecular weight is 253 g/mol. The molecular formula is C13H17ClN2O. The molecule has 0 N–H and O–H groups in total. The number of rotatable bonds is 2. The Morgan fingerprint density at radius 3 is 2.82 bits per heavy atom. The standard InChI is InChI=1S/C13H17ClN2O/c1-15(2)12-6-7-16(9-12)13(17)10-4-3-5-11(14)8-10/h3-5,8,12H,6-7,9H2,1-2H3/t12-/m0/s1. The van der Waals surface area contributed by atoms with Gasteiger partial charge < -0.3 is 9.80 Å². The van der Waals surface area contributed by atoms with Crippen LogP contribution in [0.15, 0.2) is 24.3 Å². The summed E-state index contributed by atoms with van der Waals surface area (Å²) in [6, 6.07) is 7.61. The van der Waals surface area contributed by atoms with Crippen LogP contribution in [0.2, 0.25) is 5.02 Å². The molecule has 92 valence electrons. The summed E-state index contributed by atoms with van der Waals surface area (Å²) in [5.74, 6) is 0.0804. The molecule has 17 heavy (non-hydrogen) atoms. The fraction of sp³-hybridized carbons (Fsp3) is 0.462. The van der Waals surface area contributed by atoms with Gasteiger partial charge in [0.15, 0.2) is 0 Å². The fourth-order valence-electron chi connectivity index (χ4n) is 2.15. The van der Waals surface area contributed by atoms with Crippen LogP contribution in [0.3, 0.4) is 0 Å². The molecule has 1 saturated heterocycles. The van der Waals surface area contributed by atoms with Gasteiger partial charge in [0.25, 0.3) is 5.91 Å². The predicted molar refractivity (Wildman–Crippen MR) is 69.4 cm³/mol. The molecule has 0 bridgehead atoms. The van der Waals surface area contributed by atoms with Gasteiger partial charge in [-0.15, -0.1) is 0 Å². The number of hydrogen-bond donors (Lipinski definition) is 0. The first-order chi connectivity index (χ1) is 8.08. The van der Waals surface area contributed by atoms with E-state index in [1.165, 1.54) is 0 Å². The van der Waals surface area contributed by atoms with Crippen molar-refractivity contribution in [3.63, 3.8) is 0 Å². The number of benzene rings is 1. The van der Waals surface area contributed by atoms with Crippen LogP contribution >= 0.6 is 11.6 Å². The van der Waals surface area contributed by atoms with E-state index in [1.54, 1.807) is 12.1 Å². The molecule has 1 aromatic rings. The topological polar surface area (TPSA) is 23.6 Å². The zero-order valence-electron chi connectivity index (χ0n) is 10.2. The van der Waals surface area contributed by atoms with Crippen LogP contribution < -0.4 is 0 Å². The normalized spacial score (nSPS) is 20.0. The van der Waals surface area contributed by atoms with Gasteiger partial charge in [0.1, 0.15) is 0 Å². The third-order valence-corrected chi connectivity index (χ3v) is 3.49. The van der Waals surface area contributed by atoms with E-state index in [1.807, 2.05) is 17.0 Å². The first-order valence-corrected chi connectivity index (χ1v) is 6.17. The van der Waals surface area contributed by atoms with Crippen molar-refractivity contribution in [2.24, 2.45) is 0 Å².